The fourth-order valence-corrected chi connectivity index (χ4v) is 1.62. The van der Waals surface area contributed by atoms with Crippen molar-refractivity contribution >= 4 is 24.6 Å². The normalized spacial score (nSPS) is 9.79. The van der Waals surface area contributed by atoms with Gasteiger partial charge in [-0.15, -0.1) is 0 Å². The molecule has 0 aliphatic rings. The Morgan fingerprint density at radius 2 is 2.14 bits per heavy atom. The molecule has 1 rings (SSSR count). The first kappa shape index (κ1) is 10.9. The molecular formula is C10H10O3S. The number of rotatable bonds is 5. The minimum atomic E-state index is 0.390. The summed E-state index contributed by atoms with van der Waals surface area (Å²) in [5, 5.41) is 0. The van der Waals surface area contributed by atoms with Crippen molar-refractivity contribution in [2.24, 2.45) is 0 Å². The average molecular weight is 210 g/mol. The molecule has 14 heavy (non-hydrogen) atoms. The van der Waals surface area contributed by atoms with Crippen molar-refractivity contribution in [3.8, 4) is 0 Å². The predicted octanol–water partition coefficient (Wildman–Crippen LogP) is 2.36. The van der Waals surface area contributed by atoms with Crippen LogP contribution >= 0.6 is 12.0 Å². The summed E-state index contributed by atoms with van der Waals surface area (Å²) in [5.74, 6) is 0. The Morgan fingerprint density at radius 3 is 2.71 bits per heavy atom. The maximum Gasteiger partial charge on any atom is 0.151 e. The quantitative estimate of drug-likeness (QED) is 0.552. The SMILES string of the molecule is CCOSc1cccc(C=O)c1C=O. The lowest BCUT2D eigenvalue weighted by molar-refractivity contribution is 0.109. The second-order valence-corrected chi connectivity index (χ2v) is 3.33. The van der Waals surface area contributed by atoms with Gasteiger partial charge in [0, 0.05) is 28.1 Å². The molecule has 4 heteroatoms. The van der Waals surface area contributed by atoms with Gasteiger partial charge in [-0.1, -0.05) is 12.1 Å². The second kappa shape index (κ2) is 5.57. The standard InChI is InChI=1S/C10H10O3S/c1-2-13-14-10-5-3-4-8(6-11)9(10)7-12/h3-7H,2H2,1H3. The summed E-state index contributed by atoms with van der Waals surface area (Å²) in [6.07, 6.45) is 1.34. The van der Waals surface area contributed by atoms with E-state index in [4.69, 9.17) is 4.18 Å². The smallest absolute Gasteiger partial charge is 0.151 e. The van der Waals surface area contributed by atoms with Crippen LogP contribution in [0.1, 0.15) is 27.6 Å². The maximum atomic E-state index is 10.7. The minimum Gasteiger partial charge on any atom is -0.311 e. The number of carbonyl (C=O) groups is 2. The molecule has 0 unspecified atom stereocenters. The van der Waals surface area contributed by atoms with Gasteiger partial charge < -0.3 is 4.18 Å². The highest BCUT2D eigenvalue weighted by atomic mass is 32.2. The molecule has 0 spiro atoms. The lowest BCUT2D eigenvalue weighted by Gasteiger charge is -2.04. The van der Waals surface area contributed by atoms with E-state index in [0.717, 1.165) is 12.0 Å². The van der Waals surface area contributed by atoms with Crippen molar-refractivity contribution in [1.29, 1.82) is 0 Å². The van der Waals surface area contributed by atoms with Crippen LogP contribution < -0.4 is 0 Å². The van der Waals surface area contributed by atoms with Crippen LogP contribution in [-0.4, -0.2) is 19.2 Å². The molecule has 0 atom stereocenters. The highest BCUT2D eigenvalue weighted by Crippen LogP contribution is 2.24. The van der Waals surface area contributed by atoms with E-state index in [1.165, 1.54) is 0 Å². The molecule has 0 N–H and O–H groups in total. The Kier molecular flexibility index (Phi) is 4.35. The molecule has 0 bridgehead atoms. The minimum absolute atomic E-state index is 0.390. The van der Waals surface area contributed by atoms with Crippen molar-refractivity contribution in [3.05, 3.63) is 29.3 Å². The van der Waals surface area contributed by atoms with E-state index in [-0.39, 0.29) is 0 Å². The Labute approximate surface area is 86.7 Å². The molecule has 0 radical (unpaired) electrons. The Balaban J connectivity index is 3.02. The Hall–Kier alpha value is -1.13. The van der Waals surface area contributed by atoms with Crippen LogP contribution in [0.15, 0.2) is 23.1 Å². The highest BCUT2D eigenvalue weighted by molar-refractivity contribution is 7.94. The number of carbonyl (C=O) groups excluding carboxylic acids is 2. The van der Waals surface area contributed by atoms with Crippen LogP contribution in [0.3, 0.4) is 0 Å². The van der Waals surface area contributed by atoms with Crippen molar-refractivity contribution in [3.63, 3.8) is 0 Å². The van der Waals surface area contributed by atoms with Crippen LogP contribution in [0.5, 0.6) is 0 Å². The molecule has 74 valence electrons. The van der Waals surface area contributed by atoms with Gasteiger partial charge in [0.05, 0.1) is 6.61 Å². The Morgan fingerprint density at radius 1 is 1.36 bits per heavy atom. The molecule has 1 aromatic carbocycles. The van der Waals surface area contributed by atoms with E-state index in [9.17, 15) is 9.59 Å². The van der Waals surface area contributed by atoms with E-state index < -0.39 is 0 Å². The first-order valence-corrected chi connectivity index (χ1v) is 4.90. The van der Waals surface area contributed by atoms with Gasteiger partial charge in [0.1, 0.15) is 0 Å². The van der Waals surface area contributed by atoms with Gasteiger partial charge in [-0.25, -0.2) is 0 Å². The molecule has 3 nitrogen and oxygen atoms in total. The first-order valence-electron chi connectivity index (χ1n) is 4.16. The molecule has 0 saturated carbocycles. The van der Waals surface area contributed by atoms with Gasteiger partial charge in [0.25, 0.3) is 0 Å². The molecule has 0 fully saturated rings. The van der Waals surface area contributed by atoms with Crippen LogP contribution in [0.25, 0.3) is 0 Å². The zero-order chi connectivity index (χ0) is 10.4. The summed E-state index contributed by atoms with van der Waals surface area (Å²) in [5.41, 5.74) is 0.783. The second-order valence-electron chi connectivity index (χ2n) is 2.48. The van der Waals surface area contributed by atoms with Crippen molar-refractivity contribution in [2.75, 3.05) is 6.61 Å². The molecule has 0 amide bonds. The van der Waals surface area contributed by atoms with Gasteiger partial charge in [-0.2, -0.15) is 0 Å². The summed E-state index contributed by atoms with van der Waals surface area (Å²) in [6, 6.07) is 5.07. The topological polar surface area (TPSA) is 43.4 Å². The van der Waals surface area contributed by atoms with E-state index in [2.05, 4.69) is 0 Å². The fourth-order valence-electron chi connectivity index (χ4n) is 0.985. The zero-order valence-electron chi connectivity index (χ0n) is 7.73. The summed E-state index contributed by atoms with van der Waals surface area (Å²) in [7, 11) is 0. The van der Waals surface area contributed by atoms with E-state index in [0.29, 0.717) is 35.2 Å². The lowest BCUT2D eigenvalue weighted by atomic mass is 10.1. The summed E-state index contributed by atoms with van der Waals surface area (Å²) >= 11 is 1.11. The maximum absolute atomic E-state index is 10.7. The van der Waals surface area contributed by atoms with Crippen LogP contribution in [0.2, 0.25) is 0 Å². The third-order valence-corrected chi connectivity index (χ3v) is 2.50. The molecule has 0 heterocycles. The fraction of sp³-hybridized carbons (Fsp3) is 0.200. The van der Waals surface area contributed by atoms with E-state index in [1.807, 2.05) is 6.92 Å². The third-order valence-electron chi connectivity index (χ3n) is 1.61. The molecule has 0 aromatic heterocycles. The zero-order valence-corrected chi connectivity index (χ0v) is 8.54. The van der Waals surface area contributed by atoms with Crippen LogP contribution in [0.4, 0.5) is 0 Å². The molecular weight excluding hydrogens is 200 g/mol. The predicted molar refractivity (Wildman–Crippen MR) is 54.7 cm³/mol. The largest absolute Gasteiger partial charge is 0.311 e. The van der Waals surface area contributed by atoms with Gasteiger partial charge in [0.15, 0.2) is 12.6 Å². The van der Waals surface area contributed by atoms with E-state index >= 15 is 0 Å². The number of hydrogen-bond donors (Lipinski definition) is 0. The monoisotopic (exact) mass is 210 g/mol. The van der Waals surface area contributed by atoms with Gasteiger partial charge in [0.2, 0.25) is 0 Å². The molecule has 0 saturated heterocycles. The first-order chi connectivity index (χ1) is 6.83. The van der Waals surface area contributed by atoms with Crippen LogP contribution in [0, 0.1) is 0 Å². The number of aldehydes is 2. The summed E-state index contributed by atoms with van der Waals surface area (Å²) in [6.45, 7) is 2.41. The number of benzene rings is 1. The third kappa shape index (κ3) is 2.43. The van der Waals surface area contributed by atoms with Gasteiger partial charge >= 0.3 is 0 Å². The Bertz CT molecular complexity index is 336. The molecule has 1 aromatic rings. The highest BCUT2D eigenvalue weighted by Gasteiger charge is 2.07. The molecule has 0 aliphatic heterocycles. The van der Waals surface area contributed by atoms with Crippen molar-refractivity contribution in [2.45, 2.75) is 11.8 Å². The van der Waals surface area contributed by atoms with Gasteiger partial charge in [-0.05, 0) is 13.0 Å². The van der Waals surface area contributed by atoms with E-state index in [1.54, 1.807) is 18.2 Å². The average Bonchev–Trinajstić information content (AvgIpc) is 2.25. The van der Waals surface area contributed by atoms with Gasteiger partial charge in [-0.3, -0.25) is 9.59 Å². The summed E-state index contributed by atoms with van der Waals surface area (Å²) < 4.78 is 5.10. The van der Waals surface area contributed by atoms with Crippen molar-refractivity contribution < 1.29 is 13.8 Å². The lowest BCUT2D eigenvalue weighted by Crippen LogP contribution is -1.93. The number of hydrogen-bond acceptors (Lipinski definition) is 4. The van der Waals surface area contributed by atoms with Crippen LogP contribution in [-0.2, 0) is 4.18 Å². The summed E-state index contributed by atoms with van der Waals surface area (Å²) in [4.78, 5) is 22.0. The molecule has 0 aliphatic carbocycles. The van der Waals surface area contributed by atoms with Crippen molar-refractivity contribution in [1.82, 2.24) is 0 Å².